The molecule has 0 aliphatic carbocycles. The molecule has 2 N–H and O–H groups in total. The molecule has 0 atom stereocenters. The Labute approximate surface area is 118 Å². The number of phenolic OH excluding ortho intramolecular Hbond substituents is 2. The number of aromatic hydroxyl groups is 2. The van der Waals surface area contributed by atoms with Gasteiger partial charge in [-0.15, -0.1) is 0 Å². The quantitative estimate of drug-likeness (QED) is 0.820. The van der Waals surface area contributed by atoms with Crippen LogP contribution in [0.2, 0.25) is 0 Å². The fourth-order valence-electron chi connectivity index (χ4n) is 2.39. The van der Waals surface area contributed by atoms with Crippen LogP contribution in [0.3, 0.4) is 0 Å². The zero-order valence-corrected chi connectivity index (χ0v) is 12.1. The molecule has 0 aliphatic rings. The van der Waals surface area contributed by atoms with Crippen LogP contribution in [0.25, 0.3) is 0 Å². The van der Waals surface area contributed by atoms with Gasteiger partial charge in [-0.3, -0.25) is 4.79 Å². The van der Waals surface area contributed by atoms with Crippen LogP contribution in [0.4, 0.5) is 0 Å². The van der Waals surface area contributed by atoms with Gasteiger partial charge < -0.3 is 10.2 Å². The van der Waals surface area contributed by atoms with Gasteiger partial charge in [-0.25, -0.2) is 0 Å². The first kappa shape index (κ1) is 14.1. The van der Waals surface area contributed by atoms with Crippen LogP contribution in [-0.4, -0.2) is 16.0 Å². The van der Waals surface area contributed by atoms with Gasteiger partial charge in [0, 0.05) is 11.1 Å². The third kappa shape index (κ3) is 2.16. The lowest BCUT2D eigenvalue weighted by Crippen LogP contribution is -2.09. The molecule has 3 heteroatoms. The second-order valence-corrected chi connectivity index (χ2v) is 5.10. The highest BCUT2D eigenvalue weighted by Crippen LogP contribution is 2.32. The van der Waals surface area contributed by atoms with Crippen molar-refractivity contribution in [3.05, 3.63) is 57.6 Å². The van der Waals surface area contributed by atoms with E-state index >= 15 is 0 Å². The SMILES string of the molecule is Cc1c(C)c(C(=O)c2ccc(O)cc2)c(C)c(C)c1O. The van der Waals surface area contributed by atoms with Gasteiger partial charge in [0.05, 0.1) is 0 Å². The van der Waals surface area contributed by atoms with Gasteiger partial charge in [0.15, 0.2) is 5.78 Å². The molecule has 0 bridgehead atoms. The molecule has 2 rings (SSSR count). The van der Waals surface area contributed by atoms with Crippen LogP contribution in [-0.2, 0) is 0 Å². The molecule has 104 valence electrons. The summed E-state index contributed by atoms with van der Waals surface area (Å²) < 4.78 is 0. The summed E-state index contributed by atoms with van der Waals surface area (Å²) in [6, 6.07) is 6.21. The number of carbonyl (C=O) groups excluding carboxylic acids is 1. The molecule has 0 radical (unpaired) electrons. The summed E-state index contributed by atoms with van der Waals surface area (Å²) in [4.78, 5) is 12.7. The minimum atomic E-state index is -0.0915. The predicted octanol–water partition coefficient (Wildman–Crippen LogP) is 3.56. The van der Waals surface area contributed by atoms with Crippen molar-refractivity contribution in [2.75, 3.05) is 0 Å². The van der Waals surface area contributed by atoms with Crippen LogP contribution in [0.5, 0.6) is 11.5 Å². The van der Waals surface area contributed by atoms with Crippen molar-refractivity contribution in [3.8, 4) is 11.5 Å². The topological polar surface area (TPSA) is 57.5 Å². The smallest absolute Gasteiger partial charge is 0.193 e. The molecule has 3 nitrogen and oxygen atoms in total. The average molecular weight is 270 g/mol. The Morgan fingerprint density at radius 2 is 1.25 bits per heavy atom. The van der Waals surface area contributed by atoms with E-state index in [0.717, 1.165) is 22.3 Å². The van der Waals surface area contributed by atoms with Crippen molar-refractivity contribution < 1.29 is 15.0 Å². The average Bonchev–Trinajstić information content (AvgIpc) is 2.44. The molecule has 2 aromatic rings. The number of rotatable bonds is 2. The fourth-order valence-corrected chi connectivity index (χ4v) is 2.39. The summed E-state index contributed by atoms with van der Waals surface area (Å²) in [5.41, 5.74) is 4.21. The molecule has 0 fully saturated rings. The van der Waals surface area contributed by atoms with Crippen molar-refractivity contribution >= 4 is 5.78 Å². The molecule has 0 saturated heterocycles. The maximum Gasteiger partial charge on any atom is 0.193 e. The largest absolute Gasteiger partial charge is 0.508 e. The number of hydrogen-bond donors (Lipinski definition) is 2. The lowest BCUT2D eigenvalue weighted by Gasteiger charge is -2.16. The van der Waals surface area contributed by atoms with E-state index in [2.05, 4.69) is 0 Å². The summed E-state index contributed by atoms with van der Waals surface area (Å²) in [6.07, 6.45) is 0. The molecule has 0 unspecified atom stereocenters. The maximum atomic E-state index is 12.7. The molecule has 2 aromatic carbocycles. The molecule has 0 aliphatic heterocycles. The zero-order chi connectivity index (χ0) is 15.0. The number of hydrogen-bond acceptors (Lipinski definition) is 3. The Bertz CT molecular complexity index is 653. The Morgan fingerprint density at radius 3 is 1.70 bits per heavy atom. The Hall–Kier alpha value is -2.29. The van der Waals surface area contributed by atoms with E-state index in [9.17, 15) is 15.0 Å². The van der Waals surface area contributed by atoms with Crippen LogP contribution < -0.4 is 0 Å². The number of phenols is 2. The van der Waals surface area contributed by atoms with E-state index in [1.54, 1.807) is 12.1 Å². The molecular formula is C17H18O3. The van der Waals surface area contributed by atoms with Crippen LogP contribution in [0.15, 0.2) is 24.3 Å². The predicted molar refractivity (Wildman–Crippen MR) is 78.6 cm³/mol. The number of benzene rings is 2. The standard InChI is InChI=1S/C17H18O3/c1-9-11(3)16(19)12(4)10(2)15(9)17(20)13-5-7-14(18)8-6-13/h5-8,18-19H,1-4H3. The van der Waals surface area contributed by atoms with Crippen LogP contribution in [0.1, 0.15) is 38.2 Å². The Morgan fingerprint density at radius 1 is 0.800 bits per heavy atom. The van der Waals surface area contributed by atoms with Crippen molar-refractivity contribution in [1.82, 2.24) is 0 Å². The highest BCUT2D eigenvalue weighted by Gasteiger charge is 2.20. The first-order valence-electron chi connectivity index (χ1n) is 6.47. The van der Waals surface area contributed by atoms with E-state index in [1.807, 2.05) is 27.7 Å². The molecule has 0 heterocycles. The van der Waals surface area contributed by atoms with Gasteiger partial charge in [-0.2, -0.15) is 0 Å². The van der Waals surface area contributed by atoms with E-state index in [4.69, 9.17) is 0 Å². The van der Waals surface area contributed by atoms with Crippen molar-refractivity contribution in [2.45, 2.75) is 27.7 Å². The van der Waals surface area contributed by atoms with Crippen molar-refractivity contribution in [1.29, 1.82) is 0 Å². The summed E-state index contributed by atoms with van der Waals surface area (Å²) in [5.74, 6) is 0.293. The maximum absolute atomic E-state index is 12.7. The van der Waals surface area contributed by atoms with Crippen LogP contribution >= 0.6 is 0 Å². The molecule has 0 aromatic heterocycles. The molecule has 20 heavy (non-hydrogen) atoms. The molecule has 0 amide bonds. The highest BCUT2D eigenvalue weighted by molar-refractivity contribution is 6.11. The Balaban J connectivity index is 2.64. The third-order valence-corrected chi connectivity index (χ3v) is 3.94. The summed E-state index contributed by atoms with van der Waals surface area (Å²) in [5, 5.41) is 19.3. The molecule has 0 spiro atoms. The minimum absolute atomic E-state index is 0.0915. The minimum Gasteiger partial charge on any atom is -0.508 e. The first-order chi connectivity index (χ1) is 9.34. The van der Waals surface area contributed by atoms with E-state index in [1.165, 1.54) is 12.1 Å². The second-order valence-electron chi connectivity index (χ2n) is 5.10. The zero-order valence-electron chi connectivity index (χ0n) is 12.1. The van der Waals surface area contributed by atoms with E-state index in [0.29, 0.717) is 11.1 Å². The summed E-state index contributed by atoms with van der Waals surface area (Å²) in [6.45, 7) is 7.31. The second kappa shape index (κ2) is 5.00. The first-order valence-corrected chi connectivity index (χ1v) is 6.47. The lowest BCUT2D eigenvalue weighted by molar-refractivity contribution is 0.103. The highest BCUT2D eigenvalue weighted by atomic mass is 16.3. The summed E-state index contributed by atoms with van der Waals surface area (Å²) in [7, 11) is 0. The van der Waals surface area contributed by atoms with Gasteiger partial charge in [-0.1, -0.05) is 0 Å². The fraction of sp³-hybridized carbons (Fsp3) is 0.235. The van der Waals surface area contributed by atoms with Gasteiger partial charge >= 0.3 is 0 Å². The summed E-state index contributed by atoms with van der Waals surface area (Å²) >= 11 is 0. The van der Waals surface area contributed by atoms with Crippen molar-refractivity contribution in [3.63, 3.8) is 0 Å². The van der Waals surface area contributed by atoms with Gasteiger partial charge in [0.1, 0.15) is 11.5 Å². The van der Waals surface area contributed by atoms with Crippen LogP contribution in [0, 0.1) is 27.7 Å². The molecule has 0 saturated carbocycles. The lowest BCUT2D eigenvalue weighted by atomic mass is 9.88. The normalized spacial score (nSPS) is 10.6. The number of ketones is 1. The monoisotopic (exact) mass is 270 g/mol. The van der Waals surface area contributed by atoms with Crippen molar-refractivity contribution in [2.24, 2.45) is 0 Å². The van der Waals surface area contributed by atoms with Gasteiger partial charge in [0.25, 0.3) is 0 Å². The Kier molecular flexibility index (Phi) is 3.53. The van der Waals surface area contributed by atoms with Gasteiger partial charge in [-0.05, 0) is 74.2 Å². The number of carbonyl (C=O) groups is 1. The van der Waals surface area contributed by atoms with E-state index < -0.39 is 0 Å². The van der Waals surface area contributed by atoms with Gasteiger partial charge in [0.2, 0.25) is 0 Å². The molecular weight excluding hydrogens is 252 g/mol. The van der Waals surface area contributed by atoms with E-state index in [-0.39, 0.29) is 17.3 Å². The third-order valence-electron chi connectivity index (χ3n) is 3.94.